The number of carbonyl (C=O) groups excluding carboxylic acids is 2. The van der Waals surface area contributed by atoms with Gasteiger partial charge in [0.1, 0.15) is 12.0 Å². The number of rotatable bonds is 6. The van der Waals surface area contributed by atoms with Gasteiger partial charge in [-0.3, -0.25) is 4.79 Å². The van der Waals surface area contributed by atoms with Gasteiger partial charge in [0.05, 0.1) is 26.1 Å². The Bertz CT molecular complexity index is 462. The van der Waals surface area contributed by atoms with Crippen LogP contribution in [-0.4, -0.2) is 32.3 Å². The summed E-state index contributed by atoms with van der Waals surface area (Å²) in [4.78, 5) is 22.4. The fourth-order valence-electron chi connectivity index (χ4n) is 2.26. The van der Waals surface area contributed by atoms with E-state index in [-0.39, 0.29) is 12.7 Å². The quantitative estimate of drug-likeness (QED) is 0.595. The van der Waals surface area contributed by atoms with E-state index >= 15 is 0 Å². The summed E-state index contributed by atoms with van der Waals surface area (Å²) in [5, 5.41) is 0. The summed E-state index contributed by atoms with van der Waals surface area (Å²) in [7, 11) is 1.31. The zero-order valence-corrected chi connectivity index (χ0v) is 12.1. The molecule has 0 aromatic heterocycles. The van der Waals surface area contributed by atoms with E-state index in [0.717, 1.165) is 37.7 Å². The van der Waals surface area contributed by atoms with Gasteiger partial charge in [-0.2, -0.15) is 0 Å². The molecule has 0 spiro atoms. The summed E-state index contributed by atoms with van der Waals surface area (Å²) >= 11 is 0. The van der Waals surface area contributed by atoms with Crippen molar-refractivity contribution >= 4 is 12.3 Å². The normalized spacial score (nSPS) is 19.6. The highest BCUT2D eigenvalue weighted by Gasteiger charge is 2.17. The zero-order valence-electron chi connectivity index (χ0n) is 12.1. The van der Waals surface area contributed by atoms with Gasteiger partial charge in [0.2, 0.25) is 0 Å². The van der Waals surface area contributed by atoms with Gasteiger partial charge in [-0.15, -0.1) is 0 Å². The van der Waals surface area contributed by atoms with Crippen molar-refractivity contribution in [3.8, 4) is 5.75 Å². The molecule has 0 radical (unpaired) electrons. The van der Waals surface area contributed by atoms with Crippen molar-refractivity contribution in [1.82, 2.24) is 0 Å². The molecule has 5 heteroatoms. The molecule has 0 bridgehead atoms. The minimum atomic E-state index is -0.488. The van der Waals surface area contributed by atoms with Crippen molar-refractivity contribution in [2.24, 2.45) is 0 Å². The average Bonchev–Trinajstić information content (AvgIpc) is 2.54. The molecule has 1 saturated heterocycles. The summed E-state index contributed by atoms with van der Waals surface area (Å²) < 4.78 is 15.8. The van der Waals surface area contributed by atoms with Crippen molar-refractivity contribution in [2.45, 2.75) is 37.9 Å². The zero-order chi connectivity index (χ0) is 15.1. The van der Waals surface area contributed by atoms with Gasteiger partial charge >= 0.3 is 5.97 Å². The van der Waals surface area contributed by atoms with Gasteiger partial charge in [-0.1, -0.05) is 12.1 Å². The van der Waals surface area contributed by atoms with Crippen LogP contribution >= 0.6 is 0 Å². The van der Waals surface area contributed by atoms with E-state index in [1.54, 1.807) is 24.3 Å². The Morgan fingerprint density at radius 2 is 2.14 bits per heavy atom. The van der Waals surface area contributed by atoms with Gasteiger partial charge < -0.3 is 19.0 Å². The molecule has 1 aliphatic heterocycles. The van der Waals surface area contributed by atoms with Gasteiger partial charge in [0.15, 0.2) is 6.29 Å². The van der Waals surface area contributed by atoms with Crippen molar-refractivity contribution in [3.63, 3.8) is 0 Å². The van der Waals surface area contributed by atoms with Crippen molar-refractivity contribution in [1.29, 1.82) is 0 Å². The Morgan fingerprint density at radius 3 is 2.71 bits per heavy atom. The smallest absolute Gasteiger partial charge is 0.306 e. The third-order valence-electron chi connectivity index (χ3n) is 3.49. The molecule has 1 aromatic rings. The van der Waals surface area contributed by atoms with Crippen LogP contribution < -0.4 is 4.74 Å². The van der Waals surface area contributed by atoms with E-state index in [9.17, 15) is 9.59 Å². The standard InChI is InChI=1S/C16H20O5/c1-19-15(18)10-13(11-17)12-5-7-14(8-6-12)21-16-4-2-3-9-20-16/h5-8,11,13,16H,2-4,9-10H2,1H3. The van der Waals surface area contributed by atoms with Gasteiger partial charge in [0.25, 0.3) is 0 Å². The molecule has 114 valence electrons. The van der Waals surface area contributed by atoms with E-state index in [1.165, 1.54) is 7.11 Å². The lowest BCUT2D eigenvalue weighted by Gasteiger charge is -2.23. The molecular weight excluding hydrogens is 272 g/mol. The number of benzene rings is 1. The van der Waals surface area contributed by atoms with Gasteiger partial charge in [-0.25, -0.2) is 0 Å². The Hall–Kier alpha value is -1.88. The second kappa shape index (κ2) is 7.78. The maximum Gasteiger partial charge on any atom is 0.306 e. The van der Waals surface area contributed by atoms with Crippen molar-refractivity contribution in [2.75, 3.05) is 13.7 Å². The van der Waals surface area contributed by atoms with Crippen LogP contribution in [0.5, 0.6) is 5.75 Å². The van der Waals surface area contributed by atoms with Crippen LogP contribution in [0, 0.1) is 0 Å². The van der Waals surface area contributed by atoms with Gasteiger partial charge in [0, 0.05) is 6.42 Å². The average molecular weight is 292 g/mol. The molecule has 0 amide bonds. The van der Waals surface area contributed by atoms with Crippen molar-refractivity contribution in [3.05, 3.63) is 29.8 Å². The third-order valence-corrected chi connectivity index (χ3v) is 3.49. The number of carbonyl (C=O) groups is 2. The third kappa shape index (κ3) is 4.56. The van der Waals surface area contributed by atoms with E-state index in [1.807, 2.05) is 0 Å². The van der Waals surface area contributed by atoms with E-state index in [2.05, 4.69) is 4.74 Å². The Kier molecular flexibility index (Phi) is 5.75. The number of methoxy groups -OCH3 is 1. The summed E-state index contributed by atoms with van der Waals surface area (Å²) in [5.74, 6) is -0.186. The topological polar surface area (TPSA) is 61.8 Å². The predicted molar refractivity (Wildman–Crippen MR) is 76.1 cm³/mol. The first-order valence-corrected chi connectivity index (χ1v) is 7.13. The van der Waals surface area contributed by atoms with Crippen LogP contribution in [0.3, 0.4) is 0 Å². The molecule has 1 aliphatic rings. The molecule has 2 rings (SSSR count). The molecule has 0 saturated carbocycles. The predicted octanol–water partition coefficient (Wildman–Crippen LogP) is 2.44. The minimum absolute atomic E-state index is 0.0476. The molecule has 1 aromatic carbocycles. The van der Waals surface area contributed by atoms with Crippen LogP contribution in [0.1, 0.15) is 37.2 Å². The van der Waals surface area contributed by atoms with Crippen LogP contribution in [0.15, 0.2) is 24.3 Å². The SMILES string of the molecule is COC(=O)CC(C=O)c1ccc(OC2CCCCO2)cc1. The minimum Gasteiger partial charge on any atom is -0.469 e. The van der Waals surface area contributed by atoms with Gasteiger partial charge in [-0.05, 0) is 30.5 Å². The number of ether oxygens (including phenoxy) is 3. The van der Waals surface area contributed by atoms with E-state index in [4.69, 9.17) is 9.47 Å². The molecule has 2 unspecified atom stereocenters. The first-order valence-electron chi connectivity index (χ1n) is 7.13. The number of esters is 1. The van der Waals surface area contributed by atoms with Crippen LogP contribution in [0.4, 0.5) is 0 Å². The summed E-state index contributed by atoms with van der Waals surface area (Å²) in [5.41, 5.74) is 0.771. The Labute approximate surface area is 124 Å². The highest BCUT2D eigenvalue weighted by atomic mass is 16.7. The summed E-state index contributed by atoms with van der Waals surface area (Å²) in [6, 6.07) is 7.17. The molecule has 0 aliphatic carbocycles. The van der Waals surface area contributed by atoms with Crippen molar-refractivity contribution < 1.29 is 23.8 Å². The monoisotopic (exact) mass is 292 g/mol. The molecule has 1 fully saturated rings. The Balaban J connectivity index is 1.96. The molecule has 0 N–H and O–H groups in total. The van der Waals surface area contributed by atoms with Crippen LogP contribution in [0.2, 0.25) is 0 Å². The fraction of sp³-hybridized carbons (Fsp3) is 0.500. The summed E-state index contributed by atoms with van der Waals surface area (Å²) in [6.07, 6.45) is 3.69. The molecule has 21 heavy (non-hydrogen) atoms. The number of hydrogen-bond acceptors (Lipinski definition) is 5. The molecule has 1 heterocycles. The number of hydrogen-bond donors (Lipinski definition) is 0. The first-order chi connectivity index (χ1) is 10.2. The second-order valence-electron chi connectivity index (χ2n) is 5.01. The number of aldehydes is 1. The van der Waals surface area contributed by atoms with E-state index in [0.29, 0.717) is 5.75 Å². The maximum atomic E-state index is 11.3. The first kappa shape index (κ1) is 15.5. The molecule has 5 nitrogen and oxygen atoms in total. The fourth-order valence-corrected chi connectivity index (χ4v) is 2.26. The molecule has 2 atom stereocenters. The lowest BCUT2D eigenvalue weighted by Crippen LogP contribution is -2.24. The second-order valence-corrected chi connectivity index (χ2v) is 5.01. The lowest BCUT2D eigenvalue weighted by molar-refractivity contribution is -0.141. The molecular formula is C16H20O5. The van der Waals surface area contributed by atoms with Crippen LogP contribution in [-0.2, 0) is 19.1 Å². The highest BCUT2D eigenvalue weighted by molar-refractivity contribution is 5.76. The maximum absolute atomic E-state index is 11.3. The summed E-state index contributed by atoms with van der Waals surface area (Å²) in [6.45, 7) is 0.731. The largest absolute Gasteiger partial charge is 0.469 e. The van der Waals surface area contributed by atoms with Crippen LogP contribution in [0.25, 0.3) is 0 Å². The highest BCUT2D eigenvalue weighted by Crippen LogP contribution is 2.23. The van der Waals surface area contributed by atoms with E-state index < -0.39 is 11.9 Å². The lowest BCUT2D eigenvalue weighted by atomic mass is 9.97. The Morgan fingerprint density at radius 1 is 1.38 bits per heavy atom.